The van der Waals surface area contributed by atoms with Gasteiger partial charge in [0, 0.05) is 18.1 Å². The number of nitrogens with zero attached hydrogens (tertiary/aromatic N) is 2. The fourth-order valence-electron chi connectivity index (χ4n) is 2.90. The second kappa shape index (κ2) is 6.69. The summed E-state index contributed by atoms with van der Waals surface area (Å²) in [6.45, 7) is 0.709. The molecule has 0 spiro atoms. The fourth-order valence-corrected chi connectivity index (χ4v) is 2.90. The highest BCUT2D eigenvalue weighted by atomic mass is 16.4. The van der Waals surface area contributed by atoms with E-state index in [1.54, 1.807) is 6.20 Å². The van der Waals surface area contributed by atoms with E-state index in [0.29, 0.717) is 23.3 Å². The van der Waals surface area contributed by atoms with Crippen molar-refractivity contribution >= 4 is 33.6 Å². The maximum atomic E-state index is 11.2. The Morgan fingerprint density at radius 3 is 2.77 bits per heavy atom. The van der Waals surface area contributed by atoms with Crippen LogP contribution in [0.25, 0.3) is 21.8 Å². The molecule has 4 rings (SSSR count). The number of carbonyl (C=O) groups is 1. The molecule has 0 saturated carbocycles. The number of rotatable bonds is 5. The molecule has 0 radical (unpaired) electrons. The third-order valence-corrected chi connectivity index (χ3v) is 4.17. The Labute approximate surface area is 150 Å². The molecule has 0 aliphatic carbocycles. The minimum absolute atomic E-state index is 0.0375. The van der Waals surface area contributed by atoms with E-state index < -0.39 is 5.97 Å². The number of pyridine rings is 2. The van der Waals surface area contributed by atoms with Gasteiger partial charge in [0.25, 0.3) is 0 Å². The number of nitrogens with one attached hydrogen (secondary N) is 1. The first-order valence-corrected chi connectivity index (χ1v) is 8.26. The number of fused-ring (bicyclic) bond motifs is 3. The van der Waals surface area contributed by atoms with Crippen molar-refractivity contribution in [1.82, 2.24) is 9.97 Å². The second-order valence-electron chi connectivity index (χ2n) is 5.90. The third kappa shape index (κ3) is 3.01. The van der Waals surface area contributed by atoms with Crippen LogP contribution in [0.3, 0.4) is 0 Å². The summed E-state index contributed by atoms with van der Waals surface area (Å²) < 4.78 is 0. The molecular formula is C21H15N3O2. The number of hydrogen-bond donors (Lipinski definition) is 2. The van der Waals surface area contributed by atoms with Crippen LogP contribution in [0, 0.1) is 12.1 Å². The standard InChI is InChI=1S/C21H15N3O2/c25-21(26)15-8-9-16-18(13-15)24-20(17-7-4-11-22-19(16)17)23-12-10-14-5-2-1-3-6-14/h1-7,11,13H,10,12H2,(H,23,24)(H,25,26). The summed E-state index contributed by atoms with van der Waals surface area (Å²) in [6.07, 6.45) is 2.56. The summed E-state index contributed by atoms with van der Waals surface area (Å²) in [7, 11) is 0. The molecule has 2 heterocycles. The lowest BCUT2D eigenvalue weighted by atomic mass is 10.1. The first-order valence-electron chi connectivity index (χ1n) is 8.26. The zero-order valence-electron chi connectivity index (χ0n) is 13.9. The molecule has 0 saturated heterocycles. The maximum Gasteiger partial charge on any atom is 0.344 e. The number of aromatic nitrogens is 2. The normalized spacial score (nSPS) is 10.6. The van der Waals surface area contributed by atoms with Gasteiger partial charge >= 0.3 is 5.97 Å². The Morgan fingerprint density at radius 2 is 1.96 bits per heavy atom. The molecule has 26 heavy (non-hydrogen) atoms. The van der Waals surface area contributed by atoms with Gasteiger partial charge in [-0.2, -0.15) is 0 Å². The van der Waals surface area contributed by atoms with Crippen molar-refractivity contribution < 1.29 is 9.90 Å². The Hall–Kier alpha value is -3.65. The van der Waals surface area contributed by atoms with Crippen molar-refractivity contribution in [2.24, 2.45) is 0 Å². The van der Waals surface area contributed by atoms with Crippen LogP contribution in [0.1, 0.15) is 15.9 Å². The van der Waals surface area contributed by atoms with Crippen LogP contribution in [0.2, 0.25) is 0 Å². The topological polar surface area (TPSA) is 75.1 Å². The average Bonchev–Trinajstić information content (AvgIpc) is 2.68. The molecule has 0 fully saturated rings. The predicted molar refractivity (Wildman–Crippen MR) is 100 cm³/mol. The number of benzene rings is 1. The van der Waals surface area contributed by atoms with Crippen LogP contribution in [0.15, 0.2) is 54.7 Å². The lowest BCUT2D eigenvalue weighted by molar-refractivity contribution is 0.0697. The monoisotopic (exact) mass is 341 g/mol. The first kappa shape index (κ1) is 15.9. The summed E-state index contributed by atoms with van der Waals surface area (Å²) >= 11 is 0. The summed E-state index contributed by atoms with van der Waals surface area (Å²) in [6, 6.07) is 21.1. The van der Waals surface area contributed by atoms with Gasteiger partial charge in [0.15, 0.2) is 0 Å². The molecule has 0 unspecified atom stereocenters. The van der Waals surface area contributed by atoms with Crippen LogP contribution in [-0.2, 0) is 6.42 Å². The minimum Gasteiger partial charge on any atom is -0.477 e. The largest absolute Gasteiger partial charge is 0.477 e. The number of carboxylic acid groups (broad SMARTS) is 1. The SMILES string of the molecule is O=C(O)c1c#cc2c(c1)nc(NCCc1ccccc1)c1cccnc12. The molecule has 2 aromatic heterocycles. The van der Waals surface area contributed by atoms with Crippen LogP contribution < -0.4 is 5.32 Å². The van der Waals surface area contributed by atoms with E-state index in [1.165, 1.54) is 11.6 Å². The number of aromatic carboxylic acids is 1. The number of hydrogen-bond acceptors (Lipinski definition) is 4. The van der Waals surface area contributed by atoms with E-state index in [4.69, 9.17) is 0 Å². The van der Waals surface area contributed by atoms with E-state index in [1.807, 2.05) is 30.3 Å². The van der Waals surface area contributed by atoms with Crippen LogP contribution in [0.4, 0.5) is 5.82 Å². The lowest BCUT2D eigenvalue weighted by Gasteiger charge is -2.10. The van der Waals surface area contributed by atoms with Gasteiger partial charge in [0.2, 0.25) is 0 Å². The van der Waals surface area contributed by atoms with Gasteiger partial charge in [-0.15, -0.1) is 0 Å². The Morgan fingerprint density at radius 1 is 1.12 bits per heavy atom. The molecular weight excluding hydrogens is 326 g/mol. The summed E-state index contributed by atoms with van der Waals surface area (Å²) in [5.41, 5.74) is 2.54. The van der Waals surface area contributed by atoms with Gasteiger partial charge < -0.3 is 10.4 Å². The Balaban J connectivity index is 1.72. The smallest absolute Gasteiger partial charge is 0.344 e. The molecule has 0 atom stereocenters. The van der Waals surface area contributed by atoms with Gasteiger partial charge in [0.05, 0.1) is 16.4 Å². The molecule has 0 aliphatic heterocycles. The summed E-state index contributed by atoms with van der Waals surface area (Å²) in [4.78, 5) is 20.3. The number of carboxylic acids is 1. The zero-order chi connectivity index (χ0) is 17.9. The lowest BCUT2D eigenvalue weighted by Crippen LogP contribution is -2.07. The second-order valence-corrected chi connectivity index (χ2v) is 5.90. The van der Waals surface area contributed by atoms with Crippen molar-refractivity contribution in [3.05, 3.63) is 78.0 Å². The van der Waals surface area contributed by atoms with E-state index in [-0.39, 0.29) is 5.56 Å². The maximum absolute atomic E-state index is 11.2. The molecule has 5 heteroatoms. The number of anilines is 1. The highest BCUT2D eigenvalue weighted by Gasteiger charge is 2.11. The molecule has 4 aromatic rings. The van der Waals surface area contributed by atoms with Crippen molar-refractivity contribution in [1.29, 1.82) is 0 Å². The molecule has 0 aliphatic rings. The van der Waals surface area contributed by atoms with E-state index in [0.717, 1.165) is 17.3 Å². The first-order chi connectivity index (χ1) is 12.7. The molecule has 2 N–H and O–H groups in total. The Bertz CT molecular complexity index is 1090. The van der Waals surface area contributed by atoms with Crippen molar-refractivity contribution in [3.63, 3.8) is 0 Å². The van der Waals surface area contributed by atoms with Gasteiger partial charge in [-0.25, -0.2) is 9.78 Å². The van der Waals surface area contributed by atoms with Crippen molar-refractivity contribution in [2.45, 2.75) is 6.42 Å². The van der Waals surface area contributed by atoms with E-state index in [2.05, 4.69) is 39.6 Å². The molecule has 0 bridgehead atoms. The summed E-state index contributed by atoms with van der Waals surface area (Å²) in [5.74, 6) is -0.364. The minimum atomic E-state index is -1.05. The quantitative estimate of drug-likeness (QED) is 0.578. The zero-order valence-corrected chi connectivity index (χ0v) is 13.9. The molecule has 126 valence electrons. The highest BCUT2D eigenvalue weighted by molar-refractivity contribution is 6.08. The third-order valence-electron chi connectivity index (χ3n) is 4.17. The van der Waals surface area contributed by atoms with Crippen LogP contribution in [0.5, 0.6) is 0 Å². The highest BCUT2D eigenvalue weighted by Crippen LogP contribution is 2.26. The van der Waals surface area contributed by atoms with E-state index >= 15 is 0 Å². The Kier molecular flexibility index (Phi) is 4.08. The van der Waals surface area contributed by atoms with Crippen LogP contribution >= 0.6 is 0 Å². The van der Waals surface area contributed by atoms with Crippen molar-refractivity contribution in [2.75, 3.05) is 11.9 Å². The molecule has 5 nitrogen and oxygen atoms in total. The summed E-state index contributed by atoms with van der Waals surface area (Å²) in [5, 5.41) is 14.1. The van der Waals surface area contributed by atoms with E-state index in [9.17, 15) is 9.90 Å². The van der Waals surface area contributed by atoms with Gasteiger partial charge in [-0.05, 0) is 30.2 Å². The van der Waals surface area contributed by atoms with Gasteiger partial charge in [-0.3, -0.25) is 4.98 Å². The average molecular weight is 341 g/mol. The van der Waals surface area contributed by atoms with Crippen molar-refractivity contribution in [3.8, 4) is 0 Å². The molecule has 2 aromatic carbocycles. The molecule has 0 amide bonds. The fraction of sp³-hybridized carbons (Fsp3) is 0.0952. The van der Waals surface area contributed by atoms with Gasteiger partial charge in [-0.1, -0.05) is 42.5 Å². The predicted octanol–water partition coefficient (Wildman–Crippen LogP) is 3.74. The van der Waals surface area contributed by atoms with Gasteiger partial charge in [0.1, 0.15) is 11.4 Å². The van der Waals surface area contributed by atoms with Crippen LogP contribution in [-0.4, -0.2) is 27.6 Å².